The number of amides is 1. The van der Waals surface area contributed by atoms with E-state index < -0.39 is 5.54 Å². The summed E-state index contributed by atoms with van der Waals surface area (Å²) in [6, 6.07) is 17.6. The first-order chi connectivity index (χ1) is 17.8. The minimum atomic E-state index is -0.476. The monoisotopic (exact) mass is 518 g/mol. The van der Waals surface area contributed by atoms with Crippen LogP contribution in [0.4, 0.5) is 0 Å². The highest BCUT2D eigenvalue weighted by atomic mass is 35.5. The van der Waals surface area contributed by atoms with E-state index in [1.54, 1.807) is 0 Å². The average molecular weight is 519 g/mol. The van der Waals surface area contributed by atoms with Gasteiger partial charge < -0.3 is 9.47 Å². The largest absolute Gasteiger partial charge is 0.343 e. The van der Waals surface area contributed by atoms with Crippen LogP contribution in [0.5, 0.6) is 0 Å². The predicted octanol–water partition coefficient (Wildman–Crippen LogP) is 6.45. The van der Waals surface area contributed by atoms with Gasteiger partial charge in [-0.1, -0.05) is 48.0 Å². The number of hydrogen-bond donors (Lipinski definition) is 0. The van der Waals surface area contributed by atoms with E-state index >= 15 is 0 Å². The van der Waals surface area contributed by atoms with Gasteiger partial charge in [0, 0.05) is 61.1 Å². The summed E-state index contributed by atoms with van der Waals surface area (Å²) in [5.74, 6) is 1.87. The van der Waals surface area contributed by atoms with Crippen LogP contribution in [0.1, 0.15) is 64.5 Å². The fourth-order valence-electron chi connectivity index (χ4n) is 6.53. The van der Waals surface area contributed by atoms with Gasteiger partial charge in [0.15, 0.2) is 0 Å². The molecule has 0 radical (unpaired) electrons. The molecule has 6 heteroatoms. The lowest BCUT2D eigenvalue weighted by Gasteiger charge is -2.39. The molecule has 1 fully saturated rings. The van der Waals surface area contributed by atoms with Gasteiger partial charge in [-0.3, -0.25) is 9.69 Å². The number of aromatic nitrogens is 2. The Morgan fingerprint density at radius 1 is 1.05 bits per heavy atom. The Labute approximate surface area is 226 Å². The lowest BCUT2D eigenvalue weighted by atomic mass is 9.79. The summed E-state index contributed by atoms with van der Waals surface area (Å²) in [7, 11) is 0. The zero-order chi connectivity index (χ0) is 26.2. The van der Waals surface area contributed by atoms with Crippen LogP contribution < -0.4 is 0 Å². The minimum Gasteiger partial charge on any atom is -0.343 e. The molecule has 0 bridgehead atoms. The van der Waals surface area contributed by atoms with Gasteiger partial charge in [-0.15, -0.1) is 0 Å². The number of piperidine rings is 1. The molecule has 2 aliphatic heterocycles. The van der Waals surface area contributed by atoms with Crippen LogP contribution in [0.15, 0.2) is 60.9 Å². The second-order valence-electron chi connectivity index (χ2n) is 11.2. The van der Waals surface area contributed by atoms with Crippen molar-refractivity contribution < 1.29 is 4.79 Å². The molecule has 2 aliphatic rings. The molecule has 0 N–H and O–H groups in total. The maximum absolute atomic E-state index is 13.6. The SMILES string of the molecule is CC(C)N(CC1CCN(C(=O)CCC2(c3ccc(Cl)cc3)c3ccccc3-c3nccn32)CC1)C(C)C. The summed E-state index contributed by atoms with van der Waals surface area (Å²) < 4.78 is 2.26. The number of rotatable bonds is 8. The van der Waals surface area contributed by atoms with E-state index in [9.17, 15) is 4.79 Å². The zero-order valence-electron chi connectivity index (χ0n) is 22.5. The number of imidazole rings is 1. The van der Waals surface area contributed by atoms with Crippen LogP contribution in [0, 0.1) is 5.92 Å². The van der Waals surface area contributed by atoms with E-state index in [-0.39, 0.29) is 5.91 Å². The Morgan fingerprint density at radius 2 is 1.73 bits per heavy atom. The molecule has 5 nitrogen and oxygen atoms in total. The Morgan fingerprint density at radius 3 is 2.41 bits per heavy atom. The molecular weight excluding hydrogens is 480 g/mol. The third-order valence-electron chi connectivity index (χ3n) is 8.45. The maximum atomic E-state index is 13.6. The third-order valence-corrected chi connectivity index (χ3v) is 8.70. The van der Waals surface area contributed by atoms with Crippen LogP contribution >= 0.6 is 11.6 Å². The fourth-order valence-corrected chi connectivity index (χ4v) is 6.65. The summed E-state index contributed by atoms with van der Waals surface area (Å²) >= 11 is 6.27. The van der Waals surface area contributed by atoms with Gasteiger partial charge in [-0.2, -0.15) is 0 Å². The first-order valence-corrected chi connectivity index (χ1v) is 14.1. The van der Waals surface area contributed by atoms with E-state index in [0.29, 0.717) is 35.9 Å². The van der Waals surface area contributed by atoms with E-state index in [2.05, 4.69) is 89.6 Å². The van der Waals surface area contributed by atoms with Crippen molar-refractivity contribution in [3.63, 3.8) is 0 Å². The molecule has 5 rings (SSSR count). The molecule has 1 unspecified atom stereocenters. The van der Waals surface area contributed by atoms with E-state index in [4.69, 9.17) is 11.6 Å². The van der Waals surface area contributed by atoms with Gasteiger partial charge in [0.2, 0.25) is 5.91 Å². The molecule has 3 aromatic rings. The summed E-state index contributed by atoms with van der Waals surface area (Å²) in [6.07, 6.45) is 7.25. The summed E-state index contributed by atoms with van der Waals surface area (Å²) in [4.78, 5) is 22.9. The molecule has 2 aromatic carbocycles. The van der Waals surface area contributed by atoms with E-state index in [0.717, 1.165) is 49.4 Å². The van der Waals surface area contributed by atoms with Crippen molar-refractivity contribution >= 4 is 17.5 Å². The number of likely N-dealkylation sites (tertiary alicyclic amines) is 1. The molecule has 1 amide bonds. The zero-order valence-corrected chi connectivity index (χ0v) is 23.3. The molecule has 0 spiro atoms. The molecule has 3 heterocycles. The van der Waals surface area contributed by atoms with Crippen molar-refractivity contribution in [2.24, 2.45) is 5.92 Å². The quantitative estimate of drug-likeness (QED) is 0.344. The molecule has 1 atom stereocenters. The minimum absolute atomic E-state index is 0.252. The van der Waals surface area contributed by atoms with Crippen LogP contribution in [-0.2, 0) is 10.3 Å². The first kappa shape index (κ1) is 26.0. The van der Waals surface area contributed by atoms with E-state index in [1.165, 1.54) is 5.56 Å². The van der Waals surface area contributed by atoms with Crippen molar-refractivity contribution in [2.75, 3.05) is 19.6 Å². The molecule has 1 aromatic heterocycles. The number of fused-ring (bicyclic) bond motifs is 3. The normalized spacial score (nSPS) is 19.6. The van der Waals surface area contributed by atoms with Gasteiger partial charge in [0.25, 0.3) is 0 Å². The van der Waals surface area contributed by atoms with E-state index in [1.807, 2.05) is 18.3 Å². The van der Waals surface area contributed by atoms with Crippen LogP contribution in [0.2, 0.25) is 5.02 Å². The van der Waals surface area contributed by atoms with Crippen molar-refractivity contribution in [2.45, 2.75) is 71.0 Å². The van der Waals surface area contributed by atoms with Crippen LogP contribution in [-0.4, -0.2) is 57.0 Å². The van der Waals surface area contributed by atoms with Gasteiger partial charge in [0.05, 0.1) is 5.54 Å². The second-order valence-corrected chi connectivity index (χ2v) is 11.7. The maximum Gasteiger partial charge on any atom is 0.222 e. The molecule has 196 valence electrons. The van der Waals surface area contributed by atoms with Crippen LogP contribution in [0.3, 0.4) is 0 Å². The predicted molar refractivity (Wildman–Crippen MR) is 151 cm³/mol. The fraction of sp³-hybridized carbons (Fsp3) is 0.484. The topological polar surface area (TPSA) is 41.4 Å². The third kappa shape index (κ3) is 4.84. The smallest absolute Gasteiger partial charge is 0.222 e. The summed E-state index contributed by atoms with van der Waals surface area (Å²) in [5, 5.41) is 0.712. The highest BCUT2D eigenvalue weighted by Gasteiger charge is 2.45. The molecular formula is C31H39ClN4O. The highest BCUT2D eigenvalue weighted by molar-refractivity contribution is 6.30. The van der Waals surface area contributed by atoms with Crippen molar-refractivity contribution in [1.82, 2.24) is 19.4 Å². The van der Waals surface area contributed by atoms with Crippen LogP contribution in [0.25, 0.3) is 11.4 Å². The Bertz CT molecular complexity index is 1220. The number of hydrogen-bond acceptors (Lipinski definition) is 3. The summed E-state index contributed by atoms with van der Waals surface area (Å²) in [6.45, 7) is 12.0. The van der Waals surface area contributed by atoms with Crippen molar-refractivity contribution in [1.29, 1.82) is 0 Å². The standard InChI is InChI=1S/C31H39ClN4O/c1-22(2)35(23(3)4)21-24-14-18-34(19-15-24)29(37)13-16-31(25-9-11-26(32)12-10-25)28-8-6-5-7-27(28)30-33-17-20-36(30)31/h5-12,17,20,22-24H,13-16,18-19,21H2,1-4H3. The second kappa shape index (κ2) is 10.6. The van der Waals surface area contributed by atoms with Gasteiger partial charge in [-0.05, 0) is 76.1 Å². The molecule has 0 aliphatic carbocycles. The number of benzene rings is 2. The lowest BCUT2D eigenvalue weighted by Crippen LogP contribution is -2.45. The molecule has 37 heavy (non-hydrogen) atoms. The Balaban J connectivity index is 1.33. The molecule has 1 saturated heterocycles. The van der Waals surface area contributed by atoms with Gasteiger partial charge in [0.1, 0.15) is 5.82 Å². The van der Waals surface area contributed by atoms with Crippen molar-refractivity contribution in [3.05, 3.63) is 77.1 Å². The number of carbonyl (C=O) groups excluding carboxylic acids is 1. The number of halogens is 1. The molecule has 0 saturated carbocycles. The van der Waals surface area contributed by atoms with Gasteiger partial charge >= 0.3 is 0 Å². The first-order valence-electron chi connectivity index (χ1n) is 13.7. The Kier molecular flexibility index (Phi) is 7.46. The number of carbonyl (C=O) groups is 1. The number of nitrogens with zero attached hydrogens (tertiary/aromatic N) is 4. The van der Waals surface area contributed by atoms with Crippen molar-refractivity contribution in [3.8, 4) is 11.4 Å². The Hall–Kier alpha value is -2.63. The average Bonchev–Trinajstić information content (AvgIpc) is 3.48. The lowest BCUT2D eigenvalue weighted by molar-refractivity contribution is -0.133. The highest BCUT2D eigenvalue weighted by Crippen LogP contribution is 2.49. The summed E-state index contributed by atoms with van der Waals surface area (Å²) in [5.41, 5.74) is 3.00. The van der Waals surface area contributed by atoms with Gasteiger partial charge in [-0.25, -0.2) is 4.98 Å².